The molecule has 6 heteroatoms. The average molecular weight is 344 g/mol. The predicted octanol–water partition coefficient (Wildman–Crippen LogP) is 3.32. The van der Waals surface area contributed by atoms with E-state index in [1.807, 2.05) is 0 Å². The maximum absolute atomic E-state index is 12.3. The number of allylic oxidation sites excluding steroid dienone is 1. The van der Waals surface area contributed by atoms with E-state index in [-0.39, 0.29) is 17.1 Å². The lowest BCUT2D eigenvalue weighted by Gasteiger charge is -2.12. The Balaban J connectivity index is 2.33. The standard InChI is InChI=1S/C19H20O6/c1-22-13-6-7-14(16(21)10-13)15(20)8-5-12-9-18(24-3)19(25-4)11-17(12)23-2/h5-11,21H,1-4H3/b8-5+. The SMILES string of the molecule is COc1ccc(C(=O)/C=C/c2cc(OC)c(OC)cc2OC)c(O)c1. The fraction of sp³-hybridized carbons (Fsp3) is 0.211. The molecule has 0 heterocycles. The van der Waals surface area contributed by atoms with Crippen LogP contribution in [0.25, 0.3) is 6.08 Å². The maximum atomic E-state index is 12.3. The lowest BCUT2D eigenvalue weighted by atomic mass is 10.1. The van der Waals surface area contributed by atoms with Crippen LogP contribution in [0.4, 0.5) is 0 Å². The maximum Gasteiger partial charge on any atom is 0.189 e. The summed E-state index contributed by atoms with van der Waals surface area (Å²) >= 11 is 0. The highest BCUT2D eigenvalue weighted by Gasteiger charge is 2.12. The van der Waals surface area contributed by atoms with E-state index in [0.29, 0.717) is 28.6 Å². The molecule has 0 amide bonds. The molecule has 0 bridgehead atoms. The summed E-state index contributed by atoms with van der Waals surface area (Å²) in [4.78, 5) is 12.3. The van der Waals surface area contributed by atoms with Gasteiger partial charge in [-0.05, 0) is 30.4 Å². The van der Waals surface area contributed by atoms with Gasteiger partial charge in [0.2, 0.25) is 0 Å². The Morgan fingerprint density at radius 2 is 1.52 bits per heavy atom. The third-order valence-electron chi connectivity index (χ3n) is 3.62. The average Bonchev–Trinajstić information content (AvgIpc) is 2.64. The number of ether oxygens (including phenoxy) is 4. The third kappa shape index (κ3) is 4.03. The van der Waals surface area contributed by atoms with Gasteiger partial charge in [-0.3, -0.25) is 4.79 Å². The molecule has 0 aromatic heterocycles. The number of methoxy groups -OCH3 is 4. The second-order valence-corrected chi connectivity index (χ2v) is 5.03. The summed E-state index contributed by atoms with van der Waals surface area (Å²) < 4.78 is 20.8. The molecule has 0 saturated carbocycles. The van der Waals surface area contributed by atoms with Gasteiger partial charge in [-0.1, -0.05) is 0 Å². The first-order valence-corrected chi connectivity index (χ1v) is 7.43. The molecule has 132 valence electrons. The van der Waals surface area contributed by atoms with Crippen molar-refractivity contribution in [2.75, 3.05) is 28.4 Å². The summed E-state index contributed by atoms with van der Waals surface area (Å²) in [6.45, 7) is 0. The number of benzene rings is 2. The van der Waals surface area contributed by atoms with Crippen LogP contribution < -0.4 is 18.9 Å². The highest BCUT2D eigenvalue weighted by atomic mass is 16.5. The summed E-state index contributed by atoms with van der Waals surface area (Å²) in [5.74, 6) is 1.55. The van der Waals surface area contributed by atoms with Crippen molar-refractivity contribution in [2.24, 2.45) is 0 Å². The first-order chi connectivity index (χ1) is 12.0. The molecule has 2 aromatic carbocycles. The predicted molar refractivity (Wildman–Crippen MR) is 94.1 cm³/mol. The number of phenolic OH excluding ortho intramolecular Hbond substituents is 1. The molecule has 0 radical (unpaired) electrons. The smallest absolute Gasteiger partial charge is 0.189 e. The number of rotatable bonds is 7. The zero-order valence-electron chi connectivity index (χ0n) is 14.5. The highest BCUT2D eigenvalue weighted by molar-refractivity contribution is 6.08. The zero-order valence-corrected chi connectivity index (χ0v) is 14.5. The lowest BCUT2D eigenvalue weighted by molar-refractivity contribution is 0.104. The highest BCUT2D eigenvalue weighted by Crippen LogP contribution is 2.35. The van der Waals surface area contributed by atoms with Crippen LogP contribution in [0, 0.1) is 0 Å². The van der Waals surface area contributed by atoms with E-state index in [9.17, 15) is 9.90 Å². The zero-order chi connectivity index (χ0) is 18.4. The molecule has 2 aromatic rings. The van der Waals surface area contributed by atoms with Crippen molar-refractivity contribution in [3.05, 3.63) is 47.5 Å². The monoisotopic (exact) mass is 344 g/mol. The summed E-state index contributed by atoms with van der Waals surface area (Å²) in [6.07, 6.45) is 2.94. The van der Waals surface area contributed by atoms with E-state index in [2.05, 4.69) is 0 Å². The number of hydrogen-bond acceptors (Lipinski definition) is 6. The molecule has 0 aliphatic heterocycles. The Hall–Kier alpha value is -3.15. The molecule has 1 N–H and O–H groups in total. The first kappa shape index (κ1) is 18.2. The topological polar surface area (TPSA) is 74.2 Å². The van der Waals surface area contributed by atoms with Crippen LogP contribution in [0.3, 0.4) is 0 Å². The van der Waals surface area contributed by atoms with E-state index in [4.69, 9.17) is 18.9 Å². The fourth-order valence-corrected chi connectivity index (χ4v) is 2.29. The van der Waals surface area contributed by atoms with Crippen molar-refractivity contribution in [3.8, 4) is 28.7 Å². The van der Waals surface area contributed by atoms with E-state index < -0.39 is 0 Å². The van der Waals surface area contributed by atoms with Gasteiger partial charge in [-0.15, -0.1) is 0 Å². The van der Waals surface area contributed by atoms with Crippen LogP contribution in [0.5, 0.6) is 28.7 Å². The Kier molecular flexibility index (Phi) is 5.89. The largest absolute Gasteiger partial charge is 0.507 e. The van der Waals surface area contributed by atoms with E-state index in [0.717, 1.165) is 0 Å². The van der Waals surface area contributed by atoms with Crippen molar-refractivity contribution < 1.29 is 28.8 Å². The molecule has 0 saturated heterocycles. The Labute approximate surface area is 146 Å². The minimum atomic E-state index is -0.350. The van der Waals surface area contributed by atoms with Crippen LogP contribution >= 0.6 is 0 Å². The minimum absolute atomic E-state index is 0.145. The van der Waals surface area contributed by atoms with Gasteiger partial charge in [0.05, 0.1) is 34.0 Å². The Morgan fingerprint density at radius 1 is 0.880 bits per heavy atom. The van der Waals surface area contributed by atoms with Gasteiger partial charge in [-0.25, -0.2) is 0 Å². The van der Waals surface area contributed by atoms with Crippen molar-refractivity contribution in [3.63, 3.8) is 0 Å². The molecule has 0 unspecified atom stereocenters. The molecule has 2 rings (SSSR count). The quantitative estimate of drug-likeness (QED) is 0.613. The van der Waals surface area contributed by atoms with Gasteiger partial charge in [0, 0.05) is 17.7 Å². The molecule has 25 heavy (non-hydrogen) atoms. The molecule has 0 aliphatic carbocycles. The number of aromatic hydroxyl groups is 1. The first-order valence-electron chi connectivity index (χ1n) is 7.43. The van der Waals surface area contributed by atoms with Crippen molar-refractivity contribution in [1.82, 2.24) is 0 Å². The molecule has 0 atom stereocenters. The van der Waals surface area contributed by atoms with Gasteiger partial charge in [0.1, 0.15) is 17.2 Å². The van der Waals surface area contributed by atoms with Crippen molar-refractivity contribution in [2.45, 2.75) is 0 Å². The van der Waals surface area contributed by atoms with Crippen molar-refractivity contribution in [1.29, 1.82) is 0 Å². The van der Waals surface area contributed by atoms with Crippen molar-refractivity contribution >= 4 is 11.9 Å². The summed E-state index contributed by atoms with van der Waals surface area (Å²) in [6, 6.07) is 7.88. The second-order valence-electron chi connectivity index (χ2n) is 5.03. The molecule has 0 aliphatic rings. The Bertz CT molecular complexity index is 795. The van der Waals surface area contributed by atoms with Gasteiger partial charge in [0.15, 0.2) is 17.3 Å². The molecular formula is C19H20O6. The van der Waals surface area contributed by atoms with Crippen LogP contribution in [0.1, 0.15) is 15.9 Å². The number of ketones is 1. The molecular weight excluding hydrogens is 324 g/mol. The summed E-state index contributed by atoms with van der Waals surface area (Å²) in [5, 5.41) is 9.95. The lowest BCUT2D eigenvalue weighted by Crippen LogP contribution is -1.97. The van der Waals surface area contributed by atoms with E-state index in [1.165, 1.54) is 46.6 Å². The second kappa shape index (κ2) is 8.10. The van der Waals surface area contributed by atoms with E-state index >= 15 is 0 Å². The Morgan fingerprint density at radius 3 is 2.08 bits per heavy atom. The van der Waals surface area contributed by atoms with Gasteiger partial charge in [-0.2, -0.15) is 0 Å². The van der Waals surface area contributed by atoms with Gasteiger partial charge in [0.25, 0.3) is 0 Å². The molecule has 6 nitrogen and oxygen atoms in total. The molecule has 0 fully saturated rings. The van der Waals surface area contributed by atoms with Gasteiger partial charge < -0.3 is 24.1 Å². The van der Waals surface area contributed by atoms with Gasteiger partial charge >= 0.3 is 0 Å². The van der Waals surface area contributed by atoms with Crippen LogP contribution in [0.15, 0.2) is 36.4 Å². The summed E-state index contributed by atoms with van der Waals surface area (Å²) in [7, 11) is 6.07. The summed E-state index contributed by atoms with van der Waals surface area (Å²) in [5.41, 5.74) is 0.818. The van der Waals surface area contributed by atoms with E-state index in [1.54, 1.807) is 24.3 Å². The number of carbonyl (C=O) groups is 1. The van der Waals surface area contributed by atoms with Crippen LogP contribution in [-0.4, -0.2) is 39.3 Å². The van der Waals surface area contributed by atoms with Crippen LogP contribution in [0.2, 0.25) is 0 Å². The van der Waals surface area contributed by atoms with Crippen LogP contribution in [-0.2, 0) is 0 Å². The fourth-order valence-electron chi connectivity index (χ4n) is 2.29. The normalized spacial score (nSPS) is 10.6. The third-order valence-corrected chi connectivity index (χ3v) is 3.62. The minimum Gasteiger partial charge on any atom is -0.507 e. The number of carbonyl (C=O) groups excluding carboxylic acids is 1. The number of hydrogen-bond donors (Lipinski definition) is 1. The number of phenols is 1. The molecule has 0 spiro atoms.